The third-order valence-corrected chi connectivity index (χ3v) is 5.31. The van der Waals surface area contributed by atoms with Gasteiger partial charge in [-0.2, -0.15) is 4.37 Å². The molecule has 0 fully saturated rings. The van der Waals surface area contributed by atoms with Crippen molar-refractivity contribution in [1.29, 1.82) is 0 Å². The minimum atomic E-state index is 0.275. The Morgan fingerprint density at radius 3 is 2.89 bits per heavy atom. The zero-order valence-corrected chi connectivity index (χ0v) is 13.4. The topological polar surface area (TPSA) is 51.6 Å². The van der Waals surface area contributed by atoms with Crippen molar-refractivity contribution in [3.05, 3.63) is 22.1 Å². The molecule has 8 heteroatoms. The van der Waals surface area contributed by atoms with Crippen LogP contribution in [0.3, 0.4) is 0 Å². The molecule has 0 saturated carbocycles. The van der Waals surface area contributed by atoms with Crippen molar-refractivity contribution in [2.45, 2.75) is 29.6 Å². The van der Waals surface area contributed by atoms with Crippen LogP contribution in [0, 0.1) is 6.92 Å². The van der Waals surface area contributed by atoms with E-state index in [2.05, 4.69) is 32.3 Å². The van der Waals surface area contributed by atoms with Crippen LogP contribution in [0.5, 0.6) is 0 Å². The summed E-state index contributed by atoms with van der Waals surface area (Å²) < 4.78 is 5.16. The van der Waals surface area contributed by atoms with Gasteiger partial charge in [-0.3, -0.25) is 0 Å². The first kappa shape index (κ1) is 13.2. The predicted molar refractivity (Wildman–Crippen MR) is 80.6 cm³/mol. The average molecular weight is 329 g/mol. The van der Waals surface area contributed by atoms with Crippen molar-refractivity contribution in [3.8, 4) is 0 Å². The third kappa shape index (κ3) is 2.74. The lowest BCUT2D eigenvalue weighted by Crippen LogP contribution is -1.86. The Morgan fingerprint density at radius 2 is 2.16 bits per heavy atom. The van der Waals surface area contributed by atoms with Crippen LogP contribution in [0.15, 0.2) is 15.4 Å². The Labute approximate surface area is 127 Å². The van der Waals surface area contributed by atoms with Crippen LogP contribution in [0.4, 0.5) is 0 Å². The van der Waals surface area contributed by atoms with E-state index in [-0.39, 0.29) is 5.28 Å². The molecular weight excluding hydrogens is 320 g/mol. The molecule has 98 valence electrons. The van der Waals surface area contributed by atoms with E-state index in [1.54, 1.807) is 11.3 Å². The van der Waals surface area contributed by atoms with Crippen LogP contribution < -0.4 is 0 Å². The van der Waals surface area contributed by atoms with E-state index in [0.29, 0.717) is 0 Å². The van der Waals surface area contributed by atoms with Crippen LogP contribution in [0.1, 0.15) is 17.6 Å². The summed E-state index contributed by atoms with van der Waals surface area (Å²) in [6.07, 6.45) is 0.842. The molecule has 4 nitrogen and oxygen atoms in total. The smallest absolute Gasteiger partial charge is 0.213 e. The lowest BCUT2D eigenvalue weighted by molar-refractivity contribution is 0.970. The van der Waals surface area contributed by atoms with Gasteiger partial charge in [0, 0.05) is 16.7 Å². The summed E-state index contributed by atoms with van der Waals surface area (Å²) in [5.41, 5.74) is 0. The van der Waals surface area contributed by atoms with Crippen molar-refractivity contribution in [1.82, 2.24) is 19.3 Å². The molecule has 0 saturated heterocycles. The Bertz CT molecular complexity index is 737. The molecule has 3 aromatic rings. The van der Waals surface area contributed by atoms with E-state index in [4.69, 9.17) is 11.6 Å². The van der Waals surface area contributed by atoms with Crippen LogP contribution >= 0.6 is 46.2 Å². The second kappa shape index (κ2) is 5.32. The molecule has 0 aromatic carbocycles. The fourth-order valence-electron chi connectivity index (χ4n) is 1.57. The van der Waals surface area contributed by atoms with Gasteiger partial charge in [-0.05, 0) is 47.9 Å². The maximum atomic E-state index is 5.97. The predicted octanol–water partition coefficient (Wildman–Crippen LogP) is 4.22. The Balaban J connectivity index is 2.03. The highest BCUT2D eigenvalue weighted by Gasteiger charge is 2.13. The summed E-state index contributed by atoms with van der Waals surface area (Å²) in [5, 5.41) is 2.15. The van der Waals surface area contributed by atoms with Crippen LogP contribution in [-0.4, -0.2) is 19.3 Å². The average Bonchev–Trinajstić information content (AvgIpc) is 2.94. The van der Waals surface area contributed by atoms with Gasteiger partial charge in [0.25, 0.3) is 0 Å². The third-order valence-electron chi connectivity index (χ3n) is 2.40. The summed E-state index contributed by atoms with van der Waals surface area (Å²) >= 11 is 10.5. The quantitative estimate of drug-likeness (QED) is 0.532. The lowest BCUT2D eigenvalue weighted by atomic mass is 10.4. The molecule has 3 heterocycles. The molecule has 0 amide bonds. The second-order valence-electron chi connectivity index (χ2n) is 3.81. The maximum absolute atomic E-state index is 5.97. The van der Waals surface area contributed by atoms with Gasteiger partial charge in [0.1, 0.15) is 15.7 Å². The van der Waals surface area contributed by atoms with Gasteiger partial charge in [0.2, 0.25) is 5.28 Å². The zero-order valence-electron chi connectivity index (χ0n) is 10.2. The minimum Gasteiger partial charge on any atom is -0.213 e. The summed E-state index contributed by atoms with van der Waals surface area (Å²) in [7, 11) is 0. The highest BCUT2D eigenvalue weighted by atomic mass is 35.5. The summed E-state index contributed by atoms with van der Waals surface area (Å²) in [6.45, 7) is 4.09. The number of aryl methyl sites for hydroxylation is 2. The Kier molecular flexibility index (Phi) is 3.70. The largest absolute Gasteiger partial charge is 0.224 e. The van der Waals surface area contributed by atoms with Crippen molar-refractivity contribution >= 4 is 56.4 Å². The number of hydrogen-bond acceptors (Lipinski definition) is 7. The molecule has 0 spiro atoms. The van der Waals surface area contributed by atoms with Gasteiger partial charge in [0.05, 0.1) is 0 Å². The number of rotatable bonds is 3. The molecule has 19 heavy (non-hydrogen) atoms. The SMILES string of the molecule is CCc1nsc(Sc2nc(Cl)nc3sc(C)cc23)n1. The van der Waals surface area contributed by atoms with Crippen LogP contribution in [-0.2, 0) is 6.42 Å². The highest BCUT2D eigenvalue weighted by Crippen LogP contribution is 2.36. The standard InChI is InChI=1S/C11H9ClN4S3/c1-3-7-13-11(19-16-7)18-9-6-4-5(2)17-8(6)14-10(12)15-9/h4H,3H2,1-2H3. The first-order valence-electron chi connectivity index (χ1n) is 5.60. The van der Waals surface area contributed by atoms with E-state index >= 15 is 0 Å². The van der Waals surface area contributed by atoms with E-state index in [1.807, 2.05) is 6.92 Å². The second-order valence-corrected chi connectivity index (χ2v) is 7.37. The fraction of sp³-hybridized carbons (Fsp3) is 0.273. The lowest BCUT2D eigenvalue weighted by Gasteiger charge is -1.99. The molecule has 0 aliphatic rings. The molecular formula is C11H9ClN4S3. The molecule has 0 radical (unpaired) electrons. The van der Waals surface area contributed by atoms with Crippen LogP contribution in [0.2, 0.25) is 5.28 Å². The molecule has 0 N–H and O–H groups in total. The minimum absolute atomic E-state index is 0.275. The van der Waals surface area contributed by atoms with Gasteiger partial charge in [-0.15, -0.1) is 11.3 Å². The summed E-state index contributed by atoms with van der Waals surface area (Å²) in [4.78, 5) is 15.1. The summed E-state index contributed by atoms with van der Waals surface area (Å²) in [5.74, 6) is 0.866. The number of aromatic nitrogens is 4. The van der Waals surface area contributed by atoms with E-state index < -0.39 is 0 Å². The summed E-state index contributed by atoms with van der Waals surface area (Å²) in [6, 6.07) is 2.08. The van der Waals surface area contributed by atoms with E-state index in [0.717, 1.165) is 31.8 Å². The number of thiophene rings is 1. The van der Waals surface area contributed by atoms with Crippen molar-refractivity contribution in [3.63, 3.8) is 0 Å². The number of halogens is 1. The van der Waals surface area contributed by atoms with Gasteiger partial charge in [0.15, 0.2) is 4.34 Å². The molecule has 0 unspecified atom stereocenters. The molecule has 0 atom stereocenters. The molecule has 3 rings (SSSR count). The van der Waals surface area contributed by atoms with Crippen molar-refractivity contribution in [2.24, 2.45) is 0 Å². The monoisotopic (exact) mass is 328 g/mol. The van der Waals surface area contributed by atoms with Gasteiger partial charge in [-0.25, -0.2) is 15.0 Å². The highest BCUT2D eigenvalue weighted by molar-refractivity contribution is 8.01. The molecule has 0 aliphatic carbocycles. The van der Waals surface area contributed by atoms with Gasteiger partial charge >= 0.3 is 0 Å². The number of fused-ring (bicyclic) bond motifs is 1. The normalized spacial score (nSPS) is 11.3. The van der Waals surface area contributed by atoms with Crippen molar-refractivity contribution in [2.75, 3.05) is 0 Å². The molecule has 3 aromatic heterocycles. The Hall–Kier alpha value is -0.760. The zero-order chi connectivity index (χ0) is 13.4. The fourth-order valence-corrected chi connectivity index (χ4v) is 4.50. The molecule has 0 aliphatic heterocycles. The first-order valence-corrected chi connectivity index (χ1v) is 8.38. The van der Waals surface area contributed by atoms with E-state index in [9.17, 15) is 0 Å². The van der Waals surface area contributed by atoms with Gasteiger partial charge < -0.3 is 0 Å². The number of nitrogens with zero attached hydrogens (tertiary/aromatic N) is 4. The van der Waals surface area contributed by atoms with Gasteiger partial charge in [-0.1, -0.05) is 6.92 Å². The Morgan fingerprint density at radius 1 is 1.32 bits per heavy atom. The van der Waals surface area contributed by atoms with Crippen molar-refractivity contribution < 1.29 is 0 Å². The molecule has 0 bridgehead atoms. The first-order chi connectivity index (χ1) is 9.15. The maximum Gasteiger partial charge on any atom is 0.224 e. The van der Waals surface area contributed by atoms with E-state index in [1.165, 1.54) is 28.2 Å². The number of hydrogen-bond donors (Lipinski definition) is 0. The van der Waals surface area contributed by atoms with Crippen LogP contribution in [0.25, 0.3) is 10.2 Å².